The van der Waals surface area contributed by atoms with Gasteiger partial charge < -0.3 is 10.2 Å². The Kier molecular flexibility index (Phi) is 7.12. The van der Waals surface area contributed by atoms with Crippen molar-refractivity contribution in [1.82, 2.24) is 15.1 Å². The summed E-state index contributed by atoms with van der Waals surface area (Å²) in [6.07, 6.45) is 5.66. The highest BCUT2D eigenvalue weighted by Gasteiger charge is 2.48. The number of halogens is 1. The van der Waals surface area contributed by atoms with E-state index in [1.54, 1.807) is 16.8 Å². The number of sulfone groups is 1. The second-order valence-corrected chi connectivity index (χ2v) is 15.1. The Morgan fingerprint density at radius 1 is 1.02 bits per heavy atom. The van der Waals surface area contributed by atoms with Gasteiger partial charge in [-0.15, -0.1) is 0 Å². The largest absolute Gasteiger partial charge is 0.369 e. The number of hydrogen-bond acceptors (Lipinski definition) is 6. The van der Waals surface area contributed by atoms with E-state index in [0.717, 1.165) is 35.3 Å². The molecule has 1 aromatic heterocycles. The summed E-state index contributed by atoms with van der Waals surface area (Å²) < 4.78 is 39.3. The number of anilines is 1. The standard InChI is InChI=1S/C32H36FN5O3S/c1-31(2)12-11-26(30(39)35-32(21-34)13-14-32)27(19-31)29-28(20-38(36-29)25-9-5-23(33)6-10-25)22-3-7-24(8-4-22)37-15-17-42(40,41)18-16-37/h3-10,20,26-27H,11-19H2,1-2H3,(H,35,39)/t26-,27-/m0/s1. The van der Waals surface area contributed by atoms with E-state index >= 15 is 0 Å². The summed E-state index contributed by atoms with van der Waals surface area (Å²) in [7, 11) is -2.98. The van der Waals surface area contributed by atoms with E-state index in [2.05, 4.69) is 30.1 Å². The van der Waals surface area contributed by atoms with Crippen molar-refractivity contribution in [3.63, 3.8) is 0 Å². The second-order valence-electron chi connectivity index (χ2n) is 12.8. The van der Waals surface area contributed by atoms with Crippen molar-refractivity contribution in [1.29, 1.82) is 5.26 Å². The third-order valence-corrected chi connectivity index (χ3v) is 10.7. The summed E-state index contributed by atoms with van der Waals surface area (Å²) in [5.41, 5.74) is 3.58. The van der Waals surface area contributed by atoms with Crippen molar-refractivity contribution >= 4 is 21.4 Å². The molecule has 0 bridgehead atoms. The van der Waals surface area contributed by atoms with E-state index in [-0.39, 0.29) is 40.5 Å². The van der Waals surface area contributed by atoms with E-state index in [4.69, 9.17) is 5.10 Å². The zero-order chi connectivity index (χ0) is 29.7. The van der Waals surface area contributed by atoms with Crippen LogP contribution in [0, 0.1) is 28.5 Å². The van der Waals surface area contributed by atoms with Crippen molar-refractivity contribution in [2.45, 2.75) is 57.4 Å². The van der Waals surface area contributed by atoms with Crippen LogP contribution < -0.4 is 10.2 Å². The Labute approximate surface area is 246 Å². The molecule has 3 aliphatic rings. The number of aromatic nitrogens is 2. The number of nitrogens with one attached hydrogen (secondary N) is 1. The Morgan fingerprint density at radius 2 is 1.67 bits per heavy atom. The van der Waals surface area contributed by atoms with Crippen molar-refractivity contribution in [3.8, 4) is 22.9 Å². The SMILES string of the molecule is CC1(C)CC[C@H](C(=O)NC2(C#N)CC2)[C@@H](c2nn(-c3ccc(F)cc3)cc2-c2ccc(N3CCS(=O)(=O)CC3)cc2)C1. The maximum absolute atomic E-state index is 13.7. The number of benzene rings is 2. The number of nitriles is 1. The minimum atomic E-state index is -2.98. The van der Waals surface area contributed by atoms with Crippen LogP contribution in [0.1, 0.15) is 57.6 Å². The van der Waals surface area contributed by atoms with Crippen LogP contribution in [0.3, 0.4) is 0 Å². The summed E-state index contributed by atoms with van der Waals surface area (Å²) in [6.45, 7) is 5.37. The Bertz CT molecular complexity index is 1620. The monoisotopic (exact) mass is 589 g/mol. The van der Waals surface area contributed by atoms with E-state index < -0.39 is 15.4 Å². The molecule has 1 amide bonds. The lowest BCUT2D eigenvalue weighted by molar-refractivity contribution is -0.128. The van der Waals surface area contributed by atoms with Crippen LogP contribution in [0.5, 0.6) is 0 Å². The topological polar surface area (TPSA) is 108 Å². The van der Waals surface area contributed by atoms with Crippen molar-refractivity contribution in [3.05, 3.63) is 66.2 Å². The molecule has 0 radical (unpaired) electrons. The fourth-order valence-corrected chi connectivity index (χ4v) is 7.54. The number of carbonyl (C=O) groups excluding carboxylic acids is 1. The fourth-order valence-electron chi connectivity index (χ4n) is 6.34. The molecule has 2 heterocycles. The van der Waals surface area contributed by atoms with E-state index in [9.17, 15) is 22.9 Å². The molecule has 2 atom stereocenters. The molecule has 3 aromatic rings. The molecule has 2 aliphatic carbocycles. The van der Waals surface area contributed by atoms with Crippen LogP contribution >= 0.6 is 0 Å². The van der Waals surface area contributed by atoms with Gasteiger partial charge in [0.25, 0.3) is 0 Å². The predicted octanol–water partition coefficient (Wildman–Crippen LogP) is 5.00. The van der Waals surface area contributed by atoms with Gasteiger partial charge in [-0.25, -0.2) is 17.5 Å². The van der Waals surface area contributed by atoms with Crippen molar-refractivity contribution in [2.75, 3.05) is 29.5 Å². The molecule has 10 heteroatoms. The summed E-state index contributed by atoms with van der Waals surface area (Å²) in [6, 6.07) is 16.5. The molecule has 1 aliphatic heterocycles. The first-order valence-electron chi connectivity index (χ1n) is 14.6. The van der Waals surface area contributed by atoms with Gasteiger partial charge in [-0.05, 0) is 79.5 Å². The maximum atomic E-state index is 13.7. The lowest BCUT2D eigenvalue weighted by Gasteiger charge is -2.40. The lowest BCUT2D eigenvalue weighted by atomic mass is 9.65. The van der Waals surface area contributed by atoms with Crippen LogP contribution in [-0.2, 0) is 14.6 Å². The molecule has 2 aromatic carbocycles. The highest BCUT2D eigenvalue weighted by Crippen LogP contribution is 2.49. The van der Waals surface area contributed by atoms with E-state index in [1.165, 1.54) is 12.1 Å². The normalized spacial score (nSPS) is 24.0. The van der Waals surface area contributed by atoms with Gasteiger partial charge in [0.05, 0.1) is 29.0 Å². The quantitative estimate of drug-likeness (QED) is 0.434. The Hall–Kier alpha value is -3.71. The molecule has 1 saturated heterocycles. The third-order valence-electron chi connectivity index (χ3n) is 9.13. The first-order valence-corrected chi connectivity index (χ1v) is 16.4. The smallest absolute Gasteiger partial charge is 0.225 e. The zero-order valence-electron chi connectivity index (χ0n) is 24.0. The summed E-state index contributed by atoms with van der Waals surface area (Å²) in [4.78, 5) is 15.7. The molecule has 1 N–H and O–H groups in total. The minimum Gasteiger partial charge on any atom is -0.369 e. The second kappa shape index (κ2) is 10.5. The average Bonchev–Trinajstić information content (AvgIpc) is 3.59. The molecule has 42 heavy (non-hydrogen) atoms. The number of carbonyl (C=O) groups is 1. The van der Waals surface area contributed by atoms with Gasteiger partial charge in [0, 0.05) is 42.4 Å². The minimum absolute atomic E-state index is 0.00330. The zero-order valence-corrected chi connectivity index (χ0v) is 24.8. The summed E-state index contributed by atoms with van der Waals surface area (Å²) in [5.74, 6) is -0.619. The molecule has 0 spiro atoms. The molecule has 6 rings (SSSR count). The van der Waals surface area contributed by atoms with Crippen molar-refractivity contribution in [2.24, 2.45) is 11.3 Å². The van der Waals surface area contributed by atoms with Gasteiger partial charge >= 0.3 is 0 Å². The fraction of sp³-hybridized carbons (Fsp3) is 0.469. The van der Waals surface area contributed by atoms with E-state index in [0.29, 0.717) is 38.0 Å². The molecule has 3 fully saturated rings. The van der Waals surface area contributed by atoms with Gasteiger partial charge in [-0.3, -0.25) is 4.79 Å². The van der Waals surface area contributed by atoms with Crippen LogP contribution in [-0.4, -0.2) is 54.2 Å². The molecular formula is C32H36FN5O3S. The molecular weight excluding hydrogens is 553 g/mol. The van der Waals surface area contributed by atoms with Crippen LogP contribution in [0.25, 0.3) is 16.8 Å². The molecule has 0 unspecified atom stereocenters. The first-order chi connectivity index (χ1) is 20.0. The maximum Gasteiger partial charge on any atom is 0.225 e. The van der Waals surface area contributed by atoms with Gasteiger partial charge in [-0.2, -0.15) is 10.4 Å². The third kappa shape index (κ3) is 5.80. The van der Waals surface area contributed by atoms with Crippen LogP contribution in [0.4, 0.5) is 10.1 Å². The highest BCUT2D eigenvalue weighted by molar-refractivity contribution is 7.91. The van der Waals surface area contributed by atoms with E-state index in [1.807, 2.05) is 30.5 Å². The van der Waals surface area contributed by atoms with Gasteiger partial charge in [-0.1, -0.05) is 26.0 Å². The van der Waals surface area contributed by atoms with Gasteiger partial charge in [0.2, 0.25) is 5.91 Å². The molecule has 8 nitrogen and oxygen atoms in total. The summed E-state index contributed by atoms with van der Waals surface area (Å²) >= 11 is 0. The predicted molar refractivity (Wildman–Crippen MR) is 159 cm³/mol. The number of nitrogens with zero attached hydrogens (tertiary/aromatic N) is 4. The van der Waals surface area contributed by atoms with Gasteiger partial charge in [0.1, 0.15) is 11.4 Å². The average molecular weight is 590 g/mol. The molecule has 2 saturated carbocycles. The first kappa shape index (κ1) is 28.4. The highest BCUT2D eigenvalue weighted by atomic mass is 32.2. The van der Waals surface area contributed by atoms with Crippen LogP contribution in [0.2, 0.25) is 0 Å². The van der Waals surface area contributed by atoms with Crippen LogP contribution in [0.15, 0.2) is 54.7 Å². The van der Waals surface area contributed by atoms with Crippen molar-refractivity contribution < 1.29 is 17.6 Å². The lowest BCUT2D eigenvalue weighted by Crippen LogP contribution is -2.44. The Balaban J connectivity index is 1.38. The molecule has 220 valence electrons. The number of hydrogen-bond donors (Lipinski definition) is 1. The number of rotatable bonds is 6. The number of amides is 1. The van der Waals surface area contributed by atoms with Gasteiger partial charge in [0.15, 0.2) is 9.84 Å². The summed E-state index contributed by atoms with van der Waals surface area (Å²) in [5, 5.41) is 17.7. The Morgan fingerprint density at radius 3 is 2.29 bits per heavy atom.